The average Bonchev–Trinajstić information content (AvgIpc) is 2.83. The standard InChI is InChI=1S/C27H33F3N2O4/c1-18(20-5-3-2-4-6-20)31-26(34)13-23-11-12-24-25(36-23)17-35-16-22(33)15-32(24)14-19-7-9-21(10-8-19)27(28,29)30/h2-10,18,22-25,33H,11-17H2,1H3,(H,31,34)/t18-,22-,23+,24-,25+/m1/s1. The van der Waals surface area contributed by atoms with E-state index in [1.807, 2.05) is 37.3 Å². The molecule has 2 aliphatic rings. The molecular formula is C27H33F3N2O4. The van der Waals surface area contributed by atoms with E-state index in [4.69, 9.17) is 9.47 Å². The van der Waals surface area contributed by atoms with Crippen LogP contribution < -0.4 is 5.32 Å². The molecule has 196 valence electrons. The zero-order valence-corrected chi connectivity index (χ0v) is 20.3. The summed E-state index contributed by atoms with van der Waals surface area (Å²) >= 11 is 0. The van der Waals surface area contributed by atoms with Crippen molar-refractivity contribution >= 4 is 5.91 Å². The topological polar surface area (TPSA) is 71.0 Å². The number of β-amino-alcohol motifs (C(OH)–C–C–N with tert-alkyl or cyclic N) is 1. The first-order valence-electron chi connectivity index (χ1n) is 12.3. The third kappa shape index (κ3) is 7.06. The lowest BCUT2D eigenvalue weighted by atomic mass is 9.94. The van der Waals surface area contributed by atoms with Crippen molar-refractivity contribution in [3.8, 4) is 0 Å². The van der Waals surface area contributed by atoms with Crippen molar-refractivity contribution in [3.63, 3.8) is 0 Å². The van der Waals surface area contributed by atoms with E-state index in [0.29, 0.717) is 19.5 Å². The monoisotopic (exact) mass is 506 g/mol. The minimum absolute atomic E-state index is 0.0789. The predicted octanol–water partition coefficient (Wildman–Crippen LogP) is 4.08. The Balaban J connectivity index is 1.37. The van der Waals surface area contributed by atoms with Crippen LogP contribution in [0, 0.1) is 0 Å². The van der Waals surface area contributed by atoms with Crippen LogP contribution in [0.3, 0.4) is 0 Å². The molecular weight excluding hydrogens is 473 g/mol. The highest BCUT2D eigenvalue weighted by molar-refractivity contribution is 5.77. The van der Waals surface area contributed by atoms with Gasteiger partial charge >= 0.3 is 6.18 Å². The number of aliphatic hydroxyl groups excluding tert-OH is 1. The molecule has 0 saturated carbocycles. The van der Waals surface area contributed by atoms with Crippen LogP contribution in [-0.2, 0) is 27.0 Å². The maximum atomic E-state index is 12.9. The molecule has 4 rings (SSSR count). The quantitative estimate of drug-likeness (QED) is 0.618. The van der Waals surface area contributed by atoms with E-state index in [9.17, 15) is 23.1 Å². The van der Waals surface area contributed by atoms with Crippen LogP contribution in [0.15, 0.2) is 54.6 Å². The fourth-order valence-corrected chi connectivity index (χ4v) is 4.99. The zero-order valence-electron chi connectivity index (χ0n) is 20.3. The van der Waals surface area contributed by atoms with Crippen LogP contribution in [0.25, 0.3) is 0 Å². The van der Waals surface area contributed by atoms with E-state index < -0.39 is 17.8 Å². The number of aliphatic hydroxyl groups is 1. The number of halogens is 3. The second-order valence-corrected chi connectivity index (χ2v) is 9.66. The van der Waals surface area contributed by atoms with Gasteiger partial charge in [-0.05, 0) is 43.0 Å². The van der Waals surface area contributed by atoms with Gasteiger partial charge in [0.2, 0.25) is 5.91 Å². The Labute approximate surface area is 209 Å². The number of nitrogens with zero attached hydrogens (tertiary/aromatic N) is 1. The van der Waals surface area contributed by atoms with Crippen LogP contribution in [0.1, 0.15) is 48.9 Å². The zero-order chi connectivity index (χ0) is 25.7. The normalized spacial score (nSPS) is 26.4. The smallest absolute Gasteiger partial charge is 0.389 e. The van der Waals surface area contributed by atoms with E-state index in [2.05, 4.69) is 10.2 Å². The summed E-state index contributed by atoms with van der Waals surface area (Å²) in [6.07, 6.45) is -4.01. The van der Waals surface area contributed by atoms with Gasteiger partial charge in [0, 0.05) is 19.1 Å². The molecule has 0 bridgehead atoms. The van der Waals surface area contributed by atoms with Gasteiger partial charge in [-0.1, -0.05) is 42.5 Å². The molecule has 2 aromatic rings. The van der Waals surface area contributed by atoms with Gasteiger partial charge in [0.25, 0.3) is 0 Å². The van der Waals surface area contributed by atoms with Crippen molar-refractivity contribution in [2.45, 2.75) is 69.3 Å². The molecule has 0 aliphatic carbocycles. The summed E-state index contributed by atoms with van der Waals surface area (Å²) in [5.74, 6) is -0.0846. The van der Waals surface area contributed by atoms with Crippen LogP contribution >= 0.6 is 0 Å². The molecule has 0 unspecified atom stereocenters. The number of hydrogen-bond donors (Lipinski definition) is 2. The Morgan fingerprint density at radius 1 is 1.11 bits per heavy atom. The minimum Gasteiger partial charge on any atom is -0.389 e. The van der Waals surface area contributed by atoms with E-state index >= 15 is 0 Å². The van der Waals surface area contributed by atoms with Crippen molar-refractivity contribution in [1.82, 2.24) is 10.2 Å². The number of nitrogens with one attached hydrogen (secondary N) is 1. The van der Waals surface area contributed by atoms with E-state index in [0.717, 1.165) is 29.7 Å². The third-order valence-corrected chi connectivity index (χ3v) is 6.84. The molecule has 5 atom stereocenters. The SMILES string of the molecule is C[C@@H](NC(=O)C[C@@H]1CC[C@@H]2[C@H](COC[C@H](O)CN2Cc2ccc(C(F)(F)F)cc2)O1)c1ccccc1. The van der Waals surface area contributed by atoms with E-state index in [1.54, 1.807) is 0 Å². The number of benzene rings is 2. The van der Waals surface area contributed by atoms with Crippen LogP contribution in [0.2, 0.25) is 0 Å². The summed E-state index contributed by atoms with van der Waals surface area (Å²) in [6, 6.07) is 14.7. The lowest BCUT2D eigenvalue weighted by Gasteiger charge is -2.44. The first-order valence-corrected chi connectivity index (χ1v) is 12.3. The van der Waals surface area contributed by atoms with Crippen LogP contribution in [0.4, 0.5) is 13.2 Å². The molecule has 2 N–H and O–H groups in total. The lowest BCUT2D eigenvalue weighted by Crippen LogP contribution is -2.55. The predicted molar refractivity (Wildman–Crippen MR) is 128 cm³/mol. The molecule has 0 radical (unpaired) electrons. The fourth-order valence-electron chi connectivity index (χ4n) is 4.99. The molecule has 1 amide bonds. The second kappa shape index (κ2) is 11.7. The molecule has 2 saturated heterocycles. The van der Waals surface area contributed by atoms with E-state index in [1.165, 1.54) is 12.1 Å². The summed E-state index contributed by atoms with van der Waals surface area (Å²) in [4.78, 5) is 14.7. The van der Waals surface area contributed by atoms with Gasteiger partial charge in [0.1, 0.15) is 0 Å². The fraction of sp³-hybridized carbons (Fsp3) is 0.519. The molecule has 2 heterocycles. The van der Waals surface area contributed by atoms with E-state index in [-0.39, 0.29) is 49.8 Å². The summed E-state index contributed by atoms with van der Waals surface area (Å²) < 4.78 is 50.7. The first kappa shape index (κ1) is 26.6. The van der Waals surface area contributed by atoms with Crippen molar-refractivity contribution in [2.75, 3.05) is 19.8 Å². The number of hydrogen-bond acceptors (Lipinski definition) is 5. The third-order valence-electron chi connectivity index (χ3n) is 6.84. The molecule has 2 aromatic carbocycles. The largest absolute Gasteiger partial charge is 0.416 e. The summed E-state index contributed by atoms with van der Waals surface area (Å²) in [5.41, 5.74) is 1.07. The van der Waals surface area contributed by atoms with Gasteiger partial charge in [-0.2, -0.15) is 13.2 Å². The van der Waals surface area contributed by atoms with Crippen molar-refractivity contribution in [2.24, 2.45) is 0 Å². The summed E-state index contributed by atoms with van der Waals surface area (Å²) in [7, 11) is 0. The summed E-state index contributed by atoms with van der Waals surface area (Å²) in [5, 5.41) is 13.4. The molecule has 9 heteroatoms. The number of rotatable bonds is 6. The molecule has 0 spiro atoms. The lowest BCUT2D eigenvalue weighted by molar-refractivity contribution is -0.158. The second-order valence-electron chi connectivity index (χ2n) is 9.66. The highest BCUT2D eigenvalue weighted by Gasteiger charge is 2.38. The Bertz CT molecular complexity index is 987. The Morgan fingerprint density at radius 2 is 1.83 bits per heavy atom. The Hall–Kier alpha value is -2.46. The van der Waals surface area contributed by atoms with Gasteiger partial charge in [0.05, 0.1) is 49.6 Å². The number of fused-ring (bicyclic) bond motifs is 1. The number of amides is 1. The van der Waals surface area contributed by atoms with Crippen molar-refractivity contribution < 1.29 is 32.5 Å². The number of ether oxygens (including phenoxy) is 2. The maximum absolute atomic E-state index is 12.9. The molecule has 2 fully saturated rings. The Morgan fingerprint density at radius 3 is 2.53 bits per heavy atom. The van der Waals surface area contributed by atoms with Gasteiger partial charge in [-0.15, -0.1) is 0 Å². The van der Waals surface area contributed by atoms with Gasteiger partial charge in [-0.25, -0.2) is 0 Å². The average molecular weight is 507 g/mol. The first-order chi connectivity index (χ1) is 17.2. The van der Waals surface area contributed by atoms with Crippen molar-refractivity contribution in [1.29, 1.82) is 0 Å². The minimum atomic E-state index is -4.38. The summed E-state index contributed by atoms with van der Waals surface area (Å²) in [6.45, 7) is 3.09. The van der Waals surface area contributed by atoms with Gasteiger partial charge in [-0.3, -0.25) is 9.69 Å². The van der Waals surface area contributed by atoms with Gasteiger partial charge < -0.3 is 19.9 Å². The highest BCUT2D eigenvalue weighted by atomic mass is 19.4. The maximum Gasteiger partial charge on any atom is 0.416 e. The molecule has 36 heavy (non-hydrogen) atoms. The number of alkyl halides is 3. The Kier molecular flexibility index (Phi) is 8.66. The van der Waals surface area contributed by atoms with Crippen molar-refractivity contribution in [3.05, 3.63) is 71.3 Å². The number of carbonyl (C=O) groups excluding carboxylic acids is 1. The van der Waals surface area contributed by atoms with Crippen LogP contribution in [-0.4, -0.2) is 60.0 Å². The molecule has 6 nitrogen and oxygen atoms in total. The number of carbonyl (C=O) groups is 1. The molecule has 2 aliphatic heterocycles. The molecule has 0 aromatic heterocycles. The van der Waals surface area contributed by atoms with Crippen LogP contribution in [0.5, 0.6) is 0 Å². The highest BCUT2D eigenvalue weighted by Crippen LogP contribution is 2.31. The van der Waals surface area contributed by atoms with Gasteiger partial charge in [0.15, 0.2) is 0 Å².